The first-order valence-corrected chi connectivity index (χ1v) is 7.54. The summed E-state index contributed by atoms with van der Waals surface area (Å²) in [6.07, 6.45) is 0. The van der Waals surface area contributed by atoms with Crippen molar-refractivity contribution in [2.75, 3.05) is 29.0 Å². The average molecular weight is 348 g/mol. The number of carbonyl (C=O) groups is 1. The second-order valence-electron chi connectivity index (χ2n) is 4.63. The molecule has 0 bridgehead atoms. The molecule has 4 nitrogen and oxygen atoms in total. The van der Waals surface area contributed by atoms with Crippen LogP contribution in [0.4, 0.5) is 17.1 Å². The molecular weight excluding hydrogens is 330 g/mol. The number of hydrogen-bond acceptors (Lipinski definition) is 3. The molecule has 0 aliphatic rings. The molecule has 1 amide bonds. The van der Waals surface area contributed by atoms with Crippen LogP contribution in [0.2, 0.25) is 0 Å². The summed E-state index contributed by atoms with van der Waals surface area (Å²) in [5.41, 5.74) is 8.30. The van der Waals surface area contributed by atoms with Gasteiger partial charge in [-0.15, -0.1) is 0 Å². The number of para-hydroxylation sites is 2. The van der Waals surface area contributed by atoms with Gasteiger partial charge in [-0.25, -0.2) is 0 Å². The molecule has 0 atom stereocenters. The van der Waals surface area contributed by atoms with Crippen LogP contribution in [-0.4, -0.2) is 19.0 Å². The highest BCUT2D eigenvalue weighted by Crippen LogP contribution is 2.22. The first-order valence-electron chi connectivity index (χ1n) is 6.75. The molecule has 0 heterocycles. The molecule has 0 aliphatic carbocycles. The molecule has 5 heteroatoms. The topological polar surface area (TPSA) is 58.4 Å². The van der Waals surface area contributed by atoms with Crippen molar-refractivity contribution in [1.82, 2.24) is 0 Å². The first kappa shape index (κ1) is 15.4. The van der Waals surface area contributed by atoms with Crippen LogP contribution in [0.5, 0.6) is 0 Å². The average Bonchev–Trinajstić information content (AvgIpc) is 2.48. The standard InChI is InChI=1S/C16H18BrN3O/c1-2-20(15-6-4-3-5-14(15)18)11-16(21)19-13-9-7-12(17)8-10-13/h3-10H,2,11,18H2,1H3,(H,19,21). The van der Waals surface area contributed by atoms with Gasteiger partial charge in [0.2, 0.25) is 5.91 Å². The van der Waals surface area contributed by atoms with Crippen molar-refractivity contribution in [3.8, 4) is 0 Å². The normalized spacial score (nSPS) is 10.2. The number of nitrogen functional groups attached to an aromatic ring is 1. The molecule has 0 aliphatic heterocycles. The van der Waals surface area contributed by atoms with Gasteiger partial charge in [0, 0.05) is 16.7 Å². The van der Waals surface area contributed by atoms with Crippen molar-refractivity contribution in [2.45, 2.75) is 6.92 Å². The monoisotopic (exact) mass is 347 g/mol. The van der Waals surface area contributed by atoms with Gasteiger partial charge in [0.05, 0.1) is 17.9 Å². The van der Waals surface area contributed by atoms with Crippen LogP contribution in [0.15, 0.2) is 53.0 Å². The molecule has 2 aromatic rings. The van der Waals surface area contributed by atoms with Crippen LogP contribution in [0.1, 0.15) is 6.92 Å². The van der Waals surface area contributed by atoms with Crippen LogP contribution in [0, 0.1) is 0 Å². The van der Waals surface area contributed by atoms with Crippen molar-refractivity contribution in [3.05, 3.63) is 53.0 Å². The van der Waals surface area contributed by atoms with Crippen molar-refractivity contribution in [2.24, 2.45) is 0 Å². The van der Waals surface area contributed by atoms with E-state index in [1.54, 1.807) is 0 Å². The number of carbonyl (C=O) groups excluding carboxylic acids is 1. The van der Waals surface area contributed by atoms with Gasteiger partial charge >= 0.3 is 0 Å². The lowest BCUT2D eigenvalue weighted by molar-refractivity contribution is -0.115. The summed E-state index contributed by atoms with van der Waals surface area (Å²) in [5.74, 6) is -0.0672. The molecule has 0 unspecified atom stereocenters. The highest BCUT2D eigenvalue weighted by atomic mass is 79.9. The quantitative estimate of drug-likeness (QED) is 0.813. The SMILES string of the molecule is CCN(CC(=O)Nc1ccc(Br)cc1)c1ccccc1N. The smallest absolute Gasteiger partial charge is 0.243 e. The summed E-state index contributed by atoms with van der Waals surface area (Å²) >= 11 is 3.37. The maximum atomic E-state index is 12.1. The highest BCUT2D eigenvalue weighted by Gasteiger charge is 2.12. The second kappa shape index (κ2) is 7.13. The first-order chi connectivity index (χ1) is 10.1. The van der Waals surface area contributed by atoms with Gasteiger partial charge in [0.25, 0.3) is 0 Å². The number of nitrogens with zero attached hydrogens (tertiary/aromatic N) is 1. The highest BCUT2D eigenvalue weighted by molar-refractivity contribution is 9.10. The molecule has 0 spiro atoms. The van der Waals surface area contributed by atoms with E-state index in [0.717, 1.165) is 15.8 Å². The van der Waals surface area contributed by atoms with Gasteiger partial charge in [-0.1, -0.05) is 28.1 Å². The molecule has 0 saturated heterocycles. The Labute approximate surface area is 133 Å². The number of anilines is 3. The van der Waals surface area contributed by atoms with Crippen LogP contribution in [0.3, 0.4) is 0 Å². The minimum Gasteiger partial charge on any atom is -0.397 e. The molecule has 0 radical (unpaired) electrons. The fourth-order valence-corrected chi connectivity index (χ4v) is 2.31. The molecule has 21 heavy (non-hydrogen) atoms. The maximum absolute atomic E-state index is 12.1. The largest absolute Gasteiger partial charge is 0.397 e. The van der Waals surface area contributed by atoms with E-state index in [0.29, 0.717) is 12.2 Å². The van der Waals surface area contributed by atoms with Gasteiger partial charge in [0.15, 0.2) is 0 Å². The molecule has 2 aromatic carbocycles. The summed E-state index contributed by atoms with van der Waals surface area (Å²) in [7, 11) is 0. The van der Waals surface area contributed by atoms with E-state index < -0.39 is 0 Å². The number of benzene rings is 2. The fraction of sp³-hybridized carbons (Fsp3) is 0.188. The number of rotatable bonds is 5. The van der Waals surface area contributed by atoms with Gasteiger partial charge in [-0.05, 0) is 43.3 Å². The maximum Gasteiger partial charge on any atom is 0.243 e. The summed E-state index contributed by atoms with van der Waals surface area (Å²) < 4.78 is 0.979. The molecule has 0 fully saturated rings. The number of nitrogens with one attached hydrogen (secondary N) is 1. The Morgan fingerprint density at radius 3 is 2.48 bits per heavy atom. The van der Waals surface area contributed by atoms with Crippen LogP contribution >= 0.6 is 15.9 Å². The zero-order valence-corrected chi connectivity index (χ0v) is 13.4. The molecule has 2 rings (SSSR count). The minimum absolute atomic E-state index is 0.0672. The number of nitrogens with two attached hydrogens (primary N) is 1. The lowest BCUT2D eigenvalue weighted by Gasteiger charge is -2.23. The van der Waals surface area contributed by atoms with Crippen molar-refractivity contribution in [3.63, 3.8) is 0 Å². The minimum atomic E-state index is -0.0672. The van der Waals surface area contributed by atoms with Crippen molar-refractivity contribution in [1.29, 1.82) is 0 Å². The third-order valence-electron chi connectivity index (χ3n) is 3.12. The van der Waals surface area contributed by atoms with E-state index in [1.807, 2.05) is 60.4 Å². The van der Waals surface area contributed by atoms with Crippen LogP contribution in [0.25, 0.3) is 0 Å². The Morgan fingerprint density at radius 1 is 1.19 bits per heavy atom. The third-order valence-corrected chi connectivity index (χ3v) is 3.65. The Morgan fingerprint density at radius 2 is 1.86 bits per heavy atom. The summed E-state index contributed by atoms with van der Waals surface area (Å²) in [6, 6.07) is 15.1. The van der Waals surface area contributed by atoms with Crippen molar-refractivity contribution >= 4 is 38.9 Å². The molecule has 0 aromatic heterocycles. The lowest BCUT2D eigenvalue weighted by atomic mass is 10.2. The lowest BCUT2D eigenvalue weighted by Crippen LogP contribution is -2.33. The van der Waals surface area contributed by atoms with E-state index in [-0.39, 0.29) is 12.5 Å². The second-order valence-corrected chi connectivity index (χ2v) is 5.54. The van der Waals surface area contributed by atoms with Gasteiger partial charge in [0.1, 0.15) is 0 Å². The molecule has 0 saturated carbocycles. The van der Waals surface area contributed by atoms with Crippen LogP contribution in [-0.2, 0) is 4.79 Å². The third kappa shape index (κ3) is 4.23. The number of hydrogen-bond donors (Lipinski definition) is 2. The Bertz CT molecular complexity index is 613. The van der Waals surface area contributed by atoms with E-state index >= 15 is 0 Å². The zero-order chi connectivity index (χ0) is 15.2. The summed E-state index contributed by atoms with van der Waals surface area (Å²) in [4.78, 5) is 14.1. The number of amides is 1. The number of halogens is 1. The Balaban J connectivity index is 2.03. The Hall–Kier alpha value is -2.01. The molecular formula is C16H18BrN3O. The number of likely N-dealkylation sites (N-methyl/N-ethyl adjacent to an activating group) is 1. The Kier molecular flexibility index (Phi) is 5.22. The van der Waals surface area contributed by atoms with Crippen molar-refractivity contribution < 1.29 is 4.79 Å². The zero-order valence-electron chi connectivity index (χ0n) is 11.8. The van der Waals surface area contributed by atoms with E-state index in [1.165, 1.54) is 0 Å². The molecule has 3 N–H and O–H groups in total. The van der Waals surface area contributed by atoms with Gasteiger partial charge < -0.3 is 16.0 Å². The predicted octanol–water partition coefficient (Wildman–Crippen LogP) is 3.50. The van der Waals surface area contributed by atoms with E-state index in [9.17, 15) is 4.79 Å². The summed E-state index contributed by atoms with van der Waals surface area (Å²) in [6.45, 7) is 2.97. The van der Waals surface area contributed by atoms with E-state index in [2.05, 4.69) is 21.2 Å². The molecule has 110 valence electrons. The van der Waals surface area contributed by atoms with Crippen LogP contribution < -0.4 is 16.0 Å². The fourth-order valence-electron chi connectivity index (χ4n) is 2.05. The van der Waals surface area contributed by atoms with Gasteiger partial charge in [-0.3, -0.25) is 4.79 Å². The predicted molar refractivity (Wildman–Crippen MR) is 91.5 cm³/mol. The van der Waals surface area contributed by atoms with Gasteiger partial charge in [-0.2, -0.15) is 0 Å². The van der Waals surface area contributed by atoms with E-state index in [4.69, 9.17) is 5.73 Å². The summed E-state index contributed by atoms with van der Waals surface area (Å²) in [5, 5.41) is 2.88.